The number of aromatic nitrogens is 2. The van der Waals surface area contributed by atoms with Gasteiger partial charge in [-0.05, 0) is 48.4 Å². The Balaban J connectivity index is 1.43. The van der Waals surface area contributed by atoms with E-state index in [1.807, 2.05) is 54.6 Å². The van der Waals surface area contributed by atoms with Crippen molar-refractivity contribution in [1.29, 1.82) is 0 Å². The number of carbonyl (C=O) groups excluding carboxylic acids is 2. The van der Waals surface area contributed by atoms with Gasteiger partial charge in [-0.3, -0.25) is 14.2 Å². The Hall–Kier alpha value is -3.82. The topological polar surface area (TPSA) is 84.7 Å². The van der Waals surface area contributed by atoms with Crippen molar-refractivity contribution in [3.8, 4) is 0 Å². The summed E-state index contributed by atoms with van der Waals surface area (Å²) in [4.78, 5) is 47.2. The van der Waals surface area contributed by atoms with Crippen LogP contribution in [-0.4, -0.2) is 64.1 Å². The van der Waals surface area contributed by atoms with Gasteiger partial charge in [0.15, 0.2) is 5.16 Å². The third-order valence-electron chi connectivity index (χ3n) is 6.70. The smallest absolute Gasteiger partial charge is 0.409 e. The maximum absolute atomic E-state index is 13.7. The number of nitrogens with zero attached hydrogens (tertiary/aromatic N) is 4. The number of amides is 2. The molecule has 2 amide bonds. The molecular formula is C30H29ClN4O4S. The average Bonchev–Trinajstić information content (AvgIpc) is 2.98. The Bertz CT molecular complexity index is 1590. The highest BCUT2D eigenvalue weighted by Gasteiger charge is 2.26. The zero-order chi connectivity index (χ0) is 28.1. The molecule has 2 heterocycles. The van der Waals surface area contributed by atoms with Gasteiger partial charge in [-0.1, -0.05) is 65.8 Å². The molecule has 4 aromatic rings. The summed E-state index contributed by atoms with van der Waals surface area (Å²) < 4.78 is 6.75. The van der Waals surface area contributed by atoms with Crippen molar-refractivity contribution >= 4 is 46.3 Å². The standard InChI is InChI=1S/C30H29ClN4O4S/c1-2-39-30(38)34-15-13-33(14-16-34)27(36)23-11-12-25-26(18-23)32-29(40-20-22-9-6-10-24(31)17-22)35(28(25)37)19-21-7-4-3-5-8-21/h3-12,17-18H,2,13-16,19-20H2,1H3. The van der Waals surface area contributed by atoms with Gasteiger partial charge in [-0.2, -0.15) is 0 Å². The number of hydrogen-bond acceptors (Lipinski definition) is 6. The summed E-state index contributed by atoms with van der Waals surface area (Å²) in [5.41, 5.74) is 2.77. The summed E-state index contributed by atoms with van der Waals surface area (Å²) in [6.45, 7) is 4.09. The molecule has 0 saturated carbocycles. The van der Waals surface area contributed by atoms with E-state index in [0.717, 1.165) is 11.1 Å². The highest BCUT2D eigenvalue weighted by Crippen LogP contribution is 2.25. The summed E-state index contributed by atoms with van der Waals surface area (Å²) >= 11 is 7.63. The summed E-state index contributed by atoms with van der Waals surface area (Å²) in [5, 5.41) is 1.66. The maximum atomic E-state index is 13.7. The normalized spacial score (nSPS) is 13.4. The lowest BCUT2D eigenvalue weighted by molar-refractivity contribution is 0.0570. The Morgan fingerprint density at radius 1 is 0.925 bits per heavy atom. The number of fused-ring (bicyclic) bond motifs is 1. The van der Waals surface area contributed by atoms with Gasteiger partial charge in [0.05, 0.1) is 24.1 Å². The molecule has 1 aliphatic rings. The van der Waals surface area contributed by atoms with E-state index in [-0.39, 0.29) is 17.6 Å². The van der Waals surface area contributed by atoms with Crippen molar-refractivity contribution in [2.24, 2.45) is 0 Å². The quantitative estimate of drug-likeness (QED) is 0.219. The van der Waals surface area contributed by atoms with Crippen molar-refractivity contribution in [3.63, 3.8) is 0 Å². The van der Waals surface area contributed by atoms with Crippen LogP contribution in [-0.2, 0) is 17.0 Å². The summed E-state index contributed by atoms with van der Waals surface area (Å²) in [6.07, 6.45) is -0.362. The van der Waals surface area contributed by atoms with Crippen LogP contribution in [0, 0.1) is 0 Å². The average molecular weight is 577 g/mol. The van der Waals surface area contributed by atoms with Crippen LogP contribution in [0.15, 0.2) is 82.7 Å². The van der Waals surface area contributed by atoms with Crippen LogP contribution < -0.4 is 5.56 Å². The molecule has 0 bridgehead atoms. The lowest BCUT2D eigenvalue weighted by Crippen LogP contribution is -2.50. The lowest BCUT2D eigenvalue weighted by Gasteiger charge is -2.34. The molecule has 1 saturated heterocycles. The van der Waals surface area contributed by atoms with Crippen LogP contribution in [0.2, 0.25) is 5.02 Å². The number of benzene rings is 3. The number of rotatable bonds is 7. The highest BCUT2D eigenvalue weighted by atomic mass is 35.5. The van der Waals surface area contributed by atoms with E-state index in [1.165, 1.54) is 11.8 Å². The minimum atomic E-state index is -0.362. The Kier molecular flexibility index (Phi) is 8.72. The summed E-state index contributed by atoms with van der Waals surface area (Å²) in [7, 11) is 0. The fraction of sp³-hybridized carbons (Fsp3) is 0.267. The molecule has 0 radical (unpaired) electrons. The van der Waals surface area contributed by atoms with Gasteiger partial charge in [-0.25, -0.2) is 9.78 Å². The van der Waals surface area contributed by atoms with Gasteiger partial charge >= 0.3 is 6.09 Å². The fourth-order valence-corrected chi connectivity index (χ4v) is 5.77. The SMILES string of the molecule is CCOC(=O)N1CCN(C(=O)c2ccc3c(=O)n(Cc4ccccc4)c(SCc4cccc(Cl)c4)nc3c2)CC1. The first-order valence-corrected chi connectivity index (χ1v) is 14.5. The van der Waals surface area contributed by atoms with Crippen LogP contribution in [0.4, 0.5) is 4.79 Å². The van der Waals surface area contributed by atoms with Crippen LogP contribution in [0.5, 0.6) is 0 Å². The van der Waals surface area contributed by atoms with E-state index in [1.54, 1.807) is 39.5 Å². The van der Waals surface area contributed by atoms with Gasteiger partial charge in [-0.15, -0.1) is 0 Å². The maximum Gasteiger partial charge on any atom is 0.409 e. The van der Waals surface area contributed by atoms with Crippen LogP contribution in [0.3, 0.4) is 0 Å². The largest absolute Gasteiger partial charge is 0.450 e. The second-order valence-electron chi connectivity index (χ2n) is 9.40. The van der Waals surface area contributed by atoms with E-state index in [4.69, 9.17) is 21.3 Å². The van der Waals surface area contributed by atoms with Crippen molar-refractivity contribution in [3.05, 3.63) is 105 Å². The second-order valence-corrected chi connectivity index (χ2v) is 10.8. The van der Waals surface area contributed by atoms with Crippen LogP contribution >= 0.6 is 23.4 Å². The summed E-state index contributed by atoms with van der Waals surface area (Å²) in [6, 6.07) is 22.4. The van der Waals surface area contributed by atoms with Gasteiger partial charge in [0.2, 0.25) is 0 Å². The molecule has 1 fully saturated rings. The van der Waals surface area contributed by atoms with Gasteiger partial charge < -0.3 is 14.5 Å². The van der Waals surface area contributed by atoms with Gasteiger partial charge in [0, 0.05) is 42.5 Å². The molecule has 1 aromatic heterocycles. The molecule has 0 aliphatic carbocycles. The number of carbonyl (C=O) groups is 2. The molecular weight excluding hydrogens is 548 g/mol. The molecule has 0 unspecified atom stereocenters. The Morgan fingerprint density at radius 3 is 2.38 bits per heavy atom. The number of halogens is 1. The van der Waals surface area contributed by atoms with Gasteiger partial charge in [0.1, 0.15) is 0 Å². The van der Waals surface area contributed by atoms with E-state index < -0.39 is 0 Å². The van der Waals surface area contributed by atoms with Crippen molar-refractivity contribution in [2.45, 2.75) is 24.4 Å². The number of piperazine rings is 1. The van der Waals surface area contributed by atoms with Crippen LogP contribution in [0.1, 0.15) is 28.4 Å². The predicted octanol–water partition coefficient (Wildman–Crippen LogP) is 5.30. The summed E-state index contributed by atoms with van der Waals surface area (Å²) in [5.74, 6) is 0.422. The third-order valence-corrected chi connectivity index (χ3v) is 7.98. The molecule has 0 spiro atoms. The van der Waals surface area contributed by atoms with Crippen molar-refractivity contribution in [1.82, 2.24) is 19.4 Å². The number of thioether (sulfide) groups is 1. The second kappa shape index (κ2) is 12.6. The molecule has 0 N–H and O–H groups in total. The number of ether oxygens (including phenoxy) is 1. The van der Waals surface area contributed by atoms with E-state index >= 15 is 0 Å². The molecule has 3 aromatic carbocycles. The van der Waals surface area contributed by atoms with E-state index in [9.17, 15) is 14.4 Å². The fourth-order valence-electron chi connectivity index (χ4n) is 4.61. The first-order valence-electron chi connectivity index (χ1n) is 13.1. The third kappa shape index (κ3) is 6.32. The number of hydrogen-bond donors (Lipinski definition) is 0. The molecule has 206 valence electrons. The molecule has 40 heavy (non-hydrogen) atoms. The Labute approximate surface area is 241 Å². The van der Waals surface area contributed by atoms with E-state index in [0.29, 0.717) is 71.7 Å². The van der Waals surface area contributed by atoms with Gasteiger partial charge in [0.25, 0.3) is 11.5 Å². The lowest BCUT2D eigenvalue weighted by atomic mass is 10.1. The van der Waals surface area contributed by atoms with E-state index in [2.05, 4.69) is 0 Å². The first kappa shape index (κ1) is 27.7. The minimum absolute atomic E-state index is 0.159. The first-order chi connectivity index (χ1) is 19.4. The molecule has 0 atom stereocenters. The highest BCUT2D eigenvalue weighted by molar-refractivity contribution is 7.98. The molecule has 10 heteroatoms. The zero-order valence-corrected chi connectivity index (χ0v) is 23.7. The van der Waals surface area contributed by atoms with Crippen LogP contribution in [0.25, 0.3) is 10.9 Å². The predicted molar refractivity (Wildman–Crippen MR) is 157 cm³/mol. The van der Waals surface area contributed by atoms with Crippen molar-refractivity contribution in [2.75, 3.05) is 32.8 Å². The van der Waals surface area contributed by atoms with Crippen molar-refractivity contribution < 1.29 is 14.3 Å². The molecule has 1 aliphatic heterocycles. The Morgan fingerprint density at radius 2 is 1.65 bits per heavy atom. The molecule has 5 rings (SSSR count). The zero-order valence-electron chi connectivity index (χ0n) is 22.1. The molecule has 8 nitrogen and oxygen atoms in total. The monoisotopic (exact) mass is 576 g/mol. The minimum Gasteiger partial charge on any atom is -0.450 e.